The highest BCUT2D eigenvalue weighted by Crippen LogP contribution is 2.45. The standard InChI is InChI=1S/C29H25F2N5OS/c1-3-25(37)36-16-29(17-36)8-9-35(15-29)27-22(14-32)26(20-7-5-19(30)13-23(20)31)21-6-4-18(12-24(21)33-27)28-34(2)10-11-38-28/h3-7,10-13,28H,1,8-9,15-17H2,2H3. The van der Waals surface area contributed by atoms with E-state index in [1.807, 2.05) is 36.9 Å². The number of nitriles is 1. The van der Waals surface area contributed by atoms with Crippen LogP contribution in [0.5, 0.6) is 0 Å². The predicted octanol–water partition coefficient (Wildman–Crippen LogP) is 5.42. The number of benzene rings is 2. The van der Waals surface area contributed by atoms with Crippen molar-refractivity contribution in [2.75, 3.05) is 38.1 Å². The van der Waals surface area contributed by atoms with Crippen molar-refractivity contribution >= 4 is 34.4 Å². The van der Waals surface area contributed by atoms with Crippen molar-refractivity contribution in [1.29, 1.82) is 5.26 Å². The van der Waals surface area contributed by atoms with E-state index in [1.54, 1.807) is 16.7 Å². The van der Waals surface area contributed by atoms with Gasteiger partial charge in [-0.05, 0) is 41.7 Å². The van der Waals surface area contributed by atoms with Gasteiger partial charge in [-0.1, -0.05) is 18.7 Å². The molecule has 0 saturated carbocycles. The van der Waals surface area contributed by atoms with Gasteiger partial charge in [0.05, 0.1) is 5.52 Å². The lowest BCUT2D eigenvalue weighted by atomic mass is 9.79. The molecule has 4 heterocycles. The number of carbonyl (C=O) groups excluding carboxylic acids is 1. The van der Waals surface area contributed by atoms with E-state index in [0.717, 1.165) is 18.1 Å². The second-order valence-corrected chi connectivity index (χ2v) is 11.2. The molecular formula is C29H25F2N5OS. The Morgan fingerprint density at radius 1 is 1.24 bits per heavy atom. The molecule has 1 atom stereocenters. The molecule has 192 valence electrons. The number of hydrogen-bond donors (Lipinski definition) is 0. The Morgan fingerprint density at radius 3 is 2.74 bits per heavy atom. The van der Waals surface area contributed by atoms with E-state index in [9.17, 15) is 14.4 Å². The van der Waals surface area contributed by atoms with Crippen LogP contribution in [-0.4, -0.2) is 53.9 Å². The van der Waals surface area contributed by atoms with Crippen molar-refractivity contribution in [3.8, 4) is 17.2 Å². The Bertz CT molecular complexity index is 1560. The molecule has 0 bridgehead atoms. The van der Waals surface area contributed by atoms with Crippen LogP contribution in [0.2, 0.25) is 0 Å². The van der Waals surface area contributed by atoms with E-state index in [-0.39, 0.29) is 27.8 Å². The molecule has 2 fully saturated rings. The van der Waals surface area contributed by atoms with Crippen LogP contribution in [0.4, 0.5) is 14.6 Å². The molecule has 38 heavy (non-hydrogen) atoms. The van der Waals surface area contributed by atoms with Crippen LogP contribution in [0, 0.1) is 28.4 Å². The van der Waals surface area contributed by atoms with Gasteiger partial charge >= 0.3 is 0 Å². The van der Waals surface area contributed by atoms with Gasteiger partial charge in [0.2, 0.25) is 5.91 Å². The molecule has 0 aliphatic carbocycles. The van der Waals surface area contributed by atoms with Gasteiger partial charge in [0.25, 0.3) is 0 Å². The summed E-state index contributed by atoms with van der Waals surface area (Å²) in [6.45, 7) is 6.14. The third-order valence-corrected chi connectivity index (χ3v) is 8.88. The molecule has 0 N–H and O–H groups in total. The normalized spacial score (nSPS) is 19.7. The molecule has 2 aromatic carbocycles. The summed E-state index contributed by atoms with van der Waals surface area (Å²) in [5.74, 6) is -0.993. The first-order valence-corrected chi connectivity index (χ1v) is 13.3. The number of carbonyl (C=O) groups is 1. The maximum absolute atomic E-state index is 15.2. The van der Waals surface area contributed by atoms with Crippen molar-refractivity contribution in [2.45, 2.75) is 11.8 Å². The summed E-state index contributed by atoms with van der Waals surface area (Å²) < 4.78 is 29.0. The lowest BCUT2D eigenvalue weighted by Gasteiger charge is -2.47. The van der Waals surface area contributed by atoms with Crippen LogP contribution >= 0.6 is 11.8 Å². The lowest BCUT2D eigenvalue weighted by Crippen LogP contribution is -2.59. The first kappa shape index (κ1) is 24.4. The van der Waals surface area contributed by atoms with Crippen LogP contribution in [0.15, 0.2) is 60.7 Å². The van der Waals surface area contributed by atoms with Crippen LogP contribution in [0.1, 0.15) is 22.9 Å². The minimum atomic E-state index is -0.727. The molecule has 1 spiro atoms. The van der Waals surface area contributed by atoms with Crippen molar-refractivity contribution in [2.24, 2.45) is 5.41 Å². The summed E-state index contributed by atoms with van der Waals surface area (Å²) in [7, 11) is 2.00. The fourth-order valence-electron chi connectivity index (χ4n) is 5.85. The topological polar surface area (TPSA) is 63.5 Å². The highest BCUT2D eigenvalue weighted by Gasteiger charge is 2.49. The highest BCUT2D eigenvalue weighted by atomic mass is 32.2. The molecule has 6 nitrogen and oxygen atoms in total. The molecule has 1 aromatic heterocycles. The minimum absolute atomic E-state index is 0.0694. The van der Waals surface area contributed by atoms with E-state index >= 15 is 4.39 Å². The van der Waals surface area contributed by atoms with Crippen LogP contribution < -0.4 is 4.90 Å². The summed E-state index contributed by atoms with van der Waals surface area (Å²) in [6.07, 6.45) is 4.20. The maximum Gasteiger partial charge on any atom is 0.245 e. The maximum atomic E-state index is 15.2. The number of likely N-dealkylation sites (tertiary alicyclic amines) is 1. The summed E-state index contributed by atoms with van der Waals surface area (Å²) in [6, 6.07) is 11.6. The molecular weight excluding hydrogens is 504 g/mol. The molecule has 3 aromatic rings. The van der Waals surface area contributed by atoms with Crippen molar-refractivity contribution in [3.05, 3.63) is 83.4 Å². The summed E-state index contributed by atoms with van der Waals surface area (Å²) in [5.41, 5.74) is 2.47. The van der Waals surface area contributed by atoms with Gasteiger partial charge in [0, 0.05) is 67.4 Å². The average Bonchev–Trinajstić information content (AvgIpc) is 3.53. The fraction of sp³-hybridized carbons (Fsp3) is 0.276. The number of pyridine rings is 1. The molecule has 2 saturated heterocycles. The van der Waals surface area contributed by atoms with Gasteiger partial charge in [0.1, 0.15) is 34.5 Å². The number of fused-ring (bicyclic) bond motifs is 1. The number of anilines is 1. The van der Waals surface area contributed by atoms with Crippen molar-refractivity contribution in [1.82, 2.24) is 14.8 Å². The fourth-order valence-corrected chi connectivity index (χ4v) is 6.82. The summed E-state index contributed by atoms with van der Waals surface area (Å²) in [5, 5.41) is 13.1. The molecule has 0 radical (unpaired) electrons. The molecule has 6 rings (SSSR count). The van der Waals surface area contributed by atoms with E-state index in [4.69, 9.17) is 4.98 Å². The lowest BCUT2D eigenvalue weighted by molar-refractivity contribution is -0.136. The Labute approximate surface area is 223 Å². The summed E-state index contributed by atoms with van der Waals surface area (Å²) in [4.78, 5) is 22.9. The van der Waals surface area contributed by atoms with Gasteiger partial charge in [-0.25, -0.2) is 13.8 Å². The third-order valence-electron chi connectivity index (χ3n) is 7.74. The smallest absolute Gasteiger partial charge is 0.245 e. The molecule has 1 amide bonds. The first-order chi connectivity index (χ1) is 18.3. The molecule has 3 aliphatic heterocycles. The minimum Gasteiger partial charge on any atom is -0.364 e. The number of rotatable bonds is 4. The highest BCUT2D eigenvalue weighted by molar-refractivity contribution is 8.02. The van der Waals surface area contributed by atoms with Crippen LogP contribution in [0.25, 0.3) is 22.0 Å². The zero-order chi connectivity index (χ0) is 26.6. The zero-order valence-corrected chi connectivity index (χ0v) is 21.6. The van der Waals surface area contributed by atoms with Crippen molar-refractivity contribution in [3.63, 3.8) is 0 Å². The van der Waals surface area contributed by atoms with E-state index < -0.39 is 11.6 Å². The second-order valence-electron chi connectivity index (χ2n) is 10.2. The Balaban J connectivity index is 1.48. The molecule has 3 aliphatic rings. The van der Waals surface area contributed by atoms with E-state index in [2.05, 4.69) is 22.4 Å². The third kappa shape index (κ3) is 3.91. The number of halogens is 2. The number of hydrogen-bond acceptors (Lipinski definition) is 6. The monoisotopic (exact) mass is 529 g/mol. The molecule has 1 unspecified atom stereocenters. The Morgan fingerprint density at radius 2 is 2.05 bits per heavy atom. The number of nitrogens with zero attached hydrogens (tertiary/aromatic N) is 5. The van der Waals surface area contributed by atoms with Gasteiger partial charge in [0.15, 0.2) is 0 Å². The van der Waals surface area contributed by atoms with Gasteiger partial charge < -0.3 is 14.7 Å². The predicted molar refractivity (Wildman–Crippen MR) is 145 cm³/mol. The van der Waals surface area contributed by atoms with Crippen LogP contribution in [-0.2, 0) is 4.79 Å². The number of amides is 1. The summed E-state index contributed by atoms with van der Waals surface area (Å²) >= 11 is 1.68. The van der Waals surface area contributed by atoms with E-state index in [0.29, 0.717) is 48.5 Å². The Kier molecular flexibility index (Phi) is 5.88. The first-order valence-electron chi connectivity index (χ1n) is 12.4. The average molecular weight is 530 g/mol. The van der Waals surface area contributed by atoms with Crippen LogP contribution in [0.3, 0.4) is 0 Å². The SMILES string of the molecule is C=CC(=O)N1CC2(CCN(c3nc4cc(C5SC=CN5C)ccc4c(-c4ccc(F)cc4F)c3C#N)C2)C1. The Hall–Kier alpha value is -3.90. The molecule has 9 heteroatoms. The van der Waals surface area contributed by atoms with Gasteiger partial charge in [-0.15, -0.1) is 11.8 Å². The number of thioether (sulfide) groups is 1. The number of aromatic nitrogens is 1. The zero-order valence-electron chi connectivity index (χ0n) is 20.8. The van der Waals surface area contributed by atoms with Crippen molar-refractivity contribution < 1.29 is 13.6 Å². The largest absolute Gasteiger partial charge is 0.364 e. The van der Waals surface area contributed by atoms with Gasteiger partial charge in [-0.2, -0.15) is 5.26 Å². The van der Waals surface area contributed by atoms with E-state index in [1.165, 1.54) is 18.2 Å². The second kappa shape index (κ2) is 9.14. The van der Waals surface area contributed by atoms with Gasteiger partial charge in [-0.3, -0.25) is 4.79 Å². The quantitative estimate of drug-likeness (QED) is 0.421.